The van der Waals surface area contributed by atoms with Gasteiger partial charge in [-0.25, -0.2) is 0 Å². The van der Waals surface area contributed by atoms with E-state index < -0.39 is 133 Å². The summed E-state index contributed by atoms with van der Waals surface area (Å²) in [5.74, 6) is -8.21. The van der Waals surface area contributed by atoms with E-state index in [-0.39, 0.29) is 70.6 Å². The van der Waals surface area contributed by atoms with Crippen molar-refractivity contribution < 1.29 is 53.4 Å². The third-order valence-electron chi connectivity index (χ3n) is 11.7. The first-order valence-electron chi connectivity index (χ1n) is 23.8. The molecule has 3 rings (SSSR count). The number of carbonyl (C=O) groups excluding carboxylic acids is 9. The molecule has 0 spiro atoms. The van der Waals surface area contributed by atoms with E-state index in [1.54, 1.807) is 32.2 Å². The summed E-state index contributed by atoms with van der Waals surface area (Å²) in [4.78, 5) is 128. The molecule has 71 heavy (non-hydrogen) atoms. The number of para-hydroxylation sites is 1. The van der Waals surface area contributed by atoms with Gasteiger partial charge in [-0.3, -0.25) is 43.2 Å². The molecule has 1 aliphatic heterocycles. The minimum atomic E-state index is -1.64. The zero-order valence-electron chi connectivity index (χ0n) is 40.8. The lowest BCUT2D eigenvalue weighted by Gasteiger charge is -2.28. The molecular formula is C45H75N15O11. The zero-order valence-corrected chi connectivity index (χ0v) is 40.8. The van der Waals surface area contributed by atoms with E-state index in [9.17, 15) is 53.4 Å². The molecule has 1 aromatic carbocycles. The van der Waals surface area contributed by atoms with Crippen LogP contribution in [0.3, 0.4) is 0 Å². The molecule has 2 aromatic rings. The van der Waals surface area contributed by atoms with Crippen LogP contribution in [0, 0.1) is 5.92 Å². The summed E-state index contributed by atoms with van der Waals surface area (Å²) in [6, 6.07) is -5.67. The van der Waals surface area contributed by atoms with Gasteiger partial charge >= 0.3 is 0 Å². The van der Waals surface area contributed by atoms with Crippen LogP contribution in [0.4, 0.5) is 0 Å². The Bertz CT molecular complexity index is 2140. The van der Waals surface area contributed by atoms with E-state index in [2.05, 4.69) is 52.8 Å². The molecule has 396 valence electrons. The van der Waals surface area contributed by atoms with Crippen molar-refractivity contribution in [3.63, 3.8) is 0 Å². The smallest absolute Gasteiger partial charge is 0.245 e. The fraction of sp³-hybridized carbons (Fsp3) is 0.622. The largest absolute Gasteiger partial charge is 0.391 e. The van der Waals surface area contributed by atoms with E-state index in [1.165, 1.54) is 13.8 Å². The lowest BCUT2D eigenvalue weighted by Crippen LogP contribution is -2.61. The van der Waals surface area contributed by atoms with Crippen LogP contribution >= 0.6 is 0 Å². The molecular weight excluding hydrogens is 927 g/mol. The van der Waals surface area contributed by atoms with Gasteiger partial charge in [0.25, 0.3) is 0 Å². The summed E-state index contributed by atoms with van der Waals surface area (Å²) in [5, 5.41) is 44.3. The first kappa shape index (κ1) is 59.0. The lowest BCUT2D eigenvalue weighted by molar-refractivity contribution is -0.136. The van der Waals surface area contributed by atoms with Crippen molar-refractivity contribution in [1.82, 2.24) is 52.8 Å². The summed E-state index contributed by atoms with van der Waals surface area (Å²) < 4.78 is 0. The van der Waals surface area contributed by atoms with Gasteiger partial charge in [0.15, 0.2) is 0 Å². The number of fused-ring (bicyclic) bond motifs is 1. The Balaban J connectivity index is 2.17. The highest BCUT2D eigenvalue weighted by Gasteiger charge is 2.36. The third-order valence-corrected chi connectivity index (χ3v) is 11.7. The first-order chi connectivity index (χ1) is 33.6. The Morgan fingerprint density at radius 2 is 1.17 bits per heavy atom. The van der Waals surface area contributed by atoms with E-state index in [4.69, 9.17) is 28.7 Å². The van der Waals surface area contributed by atoms with Gasteiger partial charge in [0.05, 0.1) is 12.2 Å². The van der Waals surface area contributed by atoms with Crippen molar-refractivity contribution in [2.75, 3.05) is 32.7 Å². The monoisotopic (exact) mass is 1000 g/mol. The van der Waals surface area contributed by atoms with Crippen molar-refractivity contribution in [2.45, 2.75) is 139 Å². The number of nitrogens with one attached hydrogen (secondary N) is 10. The number of carbonyl (C=O) groups is 9. The summed E-state index contributed by atoms with van der Waals surface area (Å²) in [5.41, 5.74) is 30.5. The number of H-pyrrole nitrogens is 1. The molecule has 1 aliphatic rings. The summed E-state index contributed by atoms with van der Waals surface area (Å²) in [7, 11) is 0. The molecule has 11 atom stereocenters. The highest BCUT2D eigenvalue weighted by Crippen LogP contribution is 2.20. The number of aromatic amines is 1. The number of aliphatic hydroxyl groups is 2. The fourth-order valence-electron chi connectivity index (χ4n) is 7.67. The molecule has 1 fully saturated rings. The molecule has 0 bridgehead atoms. The predicted molar refractivity (Wildman–Crippen MR) is 261 cm³/mol. The SMILES string of the molecule is CC(C)C[C@@H]1NC(=O)[C@@H](Cc2c[nH]c3ccccc23)NC(=O)[C@H](CCN)NC(=O)[C@@H](NC(=O)[C@H](CCN)NC(=O)[C@@H](N)[C@@H](C)O)CCNC(=O)[C@H]([C@@H](C)O)NC(=O)[C@H](CCN)NC(=O)[C@H](CCN)NC1=O. The van der Waals surface area contributed by atoms with E-state index in [0.717, 1.165) is 10.9 Å². The Morgan fingerprint density at radius 3 is 1.70 bits per heavy atom. The number of hydrogen-bond donors (Lipinski definition) is 17. The van der Waals surface area contributed by atoms with Crippen LogP contribution in [0.25, 0.3) is 10.9 Å². The lowest BCUT2D eigenvalue weighted by atomic mass is 10.00. The highest BCUT2D eigenvalue weighted by molar-refractivity contribution is 5.99. The van der Waals surface area contributed by atoms with Gasteiger partial charge in [-0.2, -0.15) is 0 Å². The Hall–Kier alpha value is -6.29. The molecule has 1 aromatic heterocycles. The fourth-order valence-corrected chi connectivity index (χ4v) is 7.67. The molecule has 22 N–H and O–H groups in total. The number of nitrogens with two attached hydrogens (primary N) is 5. The van der Waals surface area contributed by atoms with Gasteiger partial charge in [-0.1, -0.05) is 32.0 Å². The number of hydrogen-bond acceptors (Lipinski definition) is 16. The van der Waals surface area contributed by atoms with Crippen LogP contribution in [0.1, 0.15) is 71.8 Å². The molecule has 26 heteroatoms. The van der Waals surface area contributed by atoms with Crippen LogP contribution < -0.4 is 76.5 Å². The van der Waals surface area contributed by atoms with Gasteiger partial charge in [0, 0.05) is 30.1 Å². The standard InChI is InChI=1S/C45H75N15O11/c1-22(2)19-33-42(68)55-28(9-14-46)37(63)54-31(12-17-49)41(67)60-36(24(4)62)45(71)51-18-13-32(56-38(64)30(11-16-48)57-44(70)35(50)23(3)61)40(66)53-29(10-15-47)39(65)59-34(43(69)58-33)20-25-21-52-27-8-6-5-7-26(25)27/h5-8,21-24,28-36,52,61-62H,9-20,46-50H2,1-4H3,(H,51,71)(H,53,66)(H,54,63)(H,55,68)(H,56,64)(H,57,70)(H,58,69)(H,59,65)(H,60,67)/t23-,24-,28+,29+,30+,31+,32+,33+,34-,35+,36+/m1/s1. The van der Waals surface area contributed by atoms with Crippen molar-refractivity contribution in [3.05, 3.63) is 36.0 Å². The molecule has 0 aliphatic carbocycles. The van der Waals surface area contributed by atoms with Gasteiger partial charge in [0.2, 0.25) is 53.2 Å². The number of aromatic nitrogens is 1. The topological polar surface area (TPSA) is 448 Å². The maximum atomic E-state index is 14.5. The summed E-state index contributed by atoms with van der Waals surface area (Å²) >= 11 is 0. The number of rotatable bonds is 18. The van der Waals surface area contributed by atoms with E-state index >= 15 is 0 Å². The average molecular weight is 1000 g/mol. The molecule has 1 saturated heterocycles. The Morgan fingerprint density at radius 1 is 0.662 bits per heavy atom. The maximum absolute atomic E-state index is 14.5. The molecule has 0 saturated carbocycles. The number of amides is 9. The van der Waals surface area contributed by atoms with Crippen molar-refractivity contribution in [2.24, 2.45) is 34.6 Å². The normalized spacial score (nSPS) is 24.5. The van der Waals surface area contributed by atoms with Gasteiger partial charge < -0.3 is 91.7 Å². The molecule has 0 unspecified atom stereocenters. The minimum absolute atomic E-state index is 0.0609. The van der Waals surface area contributed by atoms with Crippen LogP contribution in [0.15, 0.2) is 30.5 Å². The molecule has 0 radical (unpaired) electrons. The van der Waals surface area contributed by atoms with Crippen LogP contribution in [-0.4, -0.2) is 168 Å². The van der Waals surface area contributed by atoms with Crippen molar-refractivity contribution >= 4 is 64.1 Å². The number of benzene rings is 1. The third kappa shape index (κ3) is 18.1. The second-order valence-corrected chi connectivity index (χ2v) is 18.0. The summed E-state index contributed by atoms with van der Waals surface area (Å²) in [6.07, 6.45) is -2.22. The number of aliphatic hydroxyl groups excluding tert-OH is 2. The predicted octanol–water partition coefficient (Wildman–Crippen LogP) is -6.36. The molecule has 2 heterocycles. The second kappa shape index (κ2) is 29.1. The van der Waals surface area contributed by atoms with Crippen LogP contribution in [-0.2, 0) is 49.6 Å². The van der Waals surface area contributed by atoms with E-state index in [0.29, 0.717) is 5.56 Å². The second-order valence-electron chi connectivity index (χ2n) is 18.0. The Kier molecular flexibility index (Phi) is 24.2. The Labute approximate surface area is 412 Å². The molecule has 9 amide bonds. The van der Waals surface area contributed by atoms with Gasteiger partial charge in [0.1, 0.15) is 54.4 Å². The minimum Gasteiger partial charge on any atom is -0.391 e. The average Bonchev–Trinajstić information content (AvgIpc) is 3.72. The zero-order chi connectivity index (χ0) is 52.9. The van der Waals surface area contributed by atoms with Crippen molar-refractivity contribution in [1.29, 1.82) is 0 Å². The van der Waals surface area contributed by atoms with E-state index in [1.807, 2.05) is 12.1 Å². The van der Waals surface area contributed by atoms with Crippen LogP contribution in [0.5, 0.6) is 0 Å². The van der Waals surface area contributed by atoms with Crippen LogP contribution in [0.2, 0.25) is 0 Å². The molecule has 26 nitrogen and oxygen atoms in total. The van der Waals surface area contributed by atoms with Crippen molar-refractivity contribution in [3.8, 4) is 0 Å². The maximum Gasteiger partial charge on any atom is 0.245 e. The quantitative estimate of drug-likeness (QED) is 0.0660. The summed E-state index contributed by atoms with van der Waals surface area (Å²) in [6.45, 7) is 5.18. The first-order valence-corrected chi connectivity index (χ1v) is 23.8. The van der Waals surface area contributed by atoms with Gasteiger partial charge in [-0.15, -0.1) is 0 Å². The highest BCUT2D eigenvalue weighted by atomic mass is 16.3. The van der Waals surface area contributed by atoms with Gasteiger partial charge in [-0.05, 0) is 96.1 Å².